The molecule has 0 radical (unpaired) electrons. The monoisotopic (exact) mass is 224 g/mol. The molecule has 2 aliphatic carbocycles. The molecule has 0 saturated heterocycles. The Hall–Kier alpha value is -0.0800. The van der Waals surface area contributed by atoms with Crippen LogP contribution >= 0.6 is 0 Å². The van der Waals surface area contributed by atoms with Crippen LogP contribution in [0.2, 0.25) is 0 Å². The Balaban J connectivity index is 1.70. The van der Waals surface area contributed by atoms with Crippen molar-refractivity contribution in [2.75, 3.05) is 13.1 Å². The maximum absolute atomic E-state index is 6.32. The van der Waals surface area contributed by atoms with Crippen molar-refractivity contribution in [3.63, 3.8) is 0 Å². The zero-order chi connectivity index (χ0) is 11.6. The van der Waals surface area contributed by atoms with Gasteiger partial charge in [0.15, 0.2) is 0 Å². The molecule has 2 rings (SSSR count). The van der Waals surface area contributed by atoms with Gasteiger partial charge in [0.25, 0.3) is 0 Å². The second kappa shape index (κ2) is 4.66. The highest BCUT2D eigenvalue weighted by atomic mass is 15.0. The highest BCUT2D eigenvalue weighted by molar-refractivity contribution is 4.97. The van der Waals surface area contributed by atoms with Gasteiger partial charge in [-0.05, 0) is 43.9 Å². The predicted molar refractivity (Wildman–Crippen MR) is 69.4 cm³/mol. The third kappa shape index (κ3) is 3.21. The van der Waals surface area contributed by atoms with E-state index in [2.05, 4.69) is 19.2 Å². The first-order chi connectivity index (χ1) is 7.52. The van der Waals surface area contributed by atoms with Crippen LogP contribution in [-0.2, 0) is 0 Å². The van der Waals surface area contributed by atoms with E-state index in [0.29, 0.717) is 5.41 Å². The maximum atomic E-state index is 6.32. The van der Waals surface area contributed by atoms with Gasteiger partial charge in [-0.1, -0.05) is 26.2 Å². The first-order valence-electron chi connectivity index (χ1n) is 7.02. The zero-order valence-electron chi connectivity index (χ0n) is 11.0. The van der Waals surface area contributed by atoms with Gasteiger partial charge < -0.3 is 11.1 Å². The summed E-state index contributed by atoms with van der Waals surface area (Å²) in [6.07, 6.45) is 9.74. The van der Waals surface area contributed by atoms with E-state index in [9.17, 15) is 0 Å². The summed E-state index contributed by atoms with van der Waals surface area (Å²) < 4.78 is 0. The summed E-state index contributed by atoms with van der Waals surface area (Å²) in [6.45, 7) is 6.80. The molecule has 0 aromatic heterocycles. The number of hydrogen-bond donors (Lipinski definition) is 2. The van der Waals surface area contributed by atoms with Crippen molar-refractivity contribution in [2.45, 2.75) is 64.3 Å². The average Bonchev–Trinajstić information content (AvgIpc) is 3.01. The first-order valence-corrected chi connectivity index (χ1v) is 7.02. The summed E-state index contributed by atoms with van der Waals surface area (Å²) in [5.74, 6) is 0.777. The normalized spacial score (nSPS) is 28.7. The van der Waals surface area contributed by atoms with Crippen LogP contribution < -0.4 is 11.1 Å². The molecule has 1 unspecified atom stereocenters. The van der Waals surface area contributed by atoms with Crippen LogP contribution in [0, 0.1) is 11.3 Å². The highest BCUT2D eigenvalue weighted by Gasteiger charge is 2.38. The smallest absolute Gasteiger partial charge is 0.0280 e. The molecule has 0 aromatic rings. The predicted octanol–water partition coefficient (Wildman–Crippen LogP) is 2.67. The van der Waals surface area contributed by atoms with E-state index in [1.807, 2.05) is 0 Å². The Bertz CT molecular complexity index is 225. The van der Waals surface area contributed by atoms with E-state index in [1.165, 1.54) is 44.9 Å². The number of hydrogen-bond acceptors (Lipinski definition) is 2. The van der Waals surface area contributed by atoms with E-state index < -0.39 is 0 Å². The quantitative estimate of drug-likeness (QED) is 0.753. The Morgan fingerprint density at radius 1 is 1.25 bits per heavy atom. The van der Waals surface area contributed by atoms with Gasteiger partial charge in [-0.15, -0.1) is 0 Å². The van der Waals surface area contributed by atoms with Crippen LogP contribution in [0.4, 0.5) is 0 Å². The van der Waals surface area contributed by atoms with Crippen molar-refractivity contribution >= 4 is 0 Å². The topological polar surface area (TPSA) is 38.0 Å². The Morgan fingerprint density at radius 3 is 2.44 bits per heavy atom. The number of nitrogens with one attached hydrogen (secondary N) is 1. The molecule has 0 amide bonds. The molecule has 0 aromatic carbocycles. The third-order valence-electron chi connectivity index (χ3n) is 4.63. The van der Waals surface area contributed by atoms with Crippen LogP contribution in [0.25, 0.3) is 0 Å². The van der Waals surface area contributed by atoms with Gasteiger partial charge in [0.2, 0.25) is 0 Å². The van der Waals surface area contributed by atoms with Gasteiger partial charge in [-0.2, -0.15) is 0 Å². The molecule has 1 atom stereocenters. The van der Waals surface area contributed by atoms with Crippen LogP contribution in [0.1, 0.15) is 58.8 Å². The summed E-state index contributed by atoms with van der Waals surface area (Å²) in [5.41, 5.74) is 6.89. The van der Waals surface area contributed by atoms with E-state index >= 15 is 0 Å². The molecule has 0 spiro atoms. The van der Waals surface area contributed by atoms with Crippen molar-refractivity contribution < 1.29 is 0 Å². The Labute approximate surface area is 100 Å². The van der Waals surface area contributed by atoms with Gasteiger partial charge in [-0.25, -0.2) is 0 Å². The molecule has 0 aliphatic heterocycles. The number of rotatable bonds is 5. The SMILES string of the molecule is CC1(CNCC(C)(N)C2CC2)CCCCC1. The van der Waals surface area contributed by atoms with E-state index in [4.69, 9.17) is 5.73 Å². The van der Waals surface area contributed by atoms with Gasteiger partial charge in [0.05, 0.1) is 0 Å². The Morgan fingerprint density at radius 2 is 1.88 bits per heavy atom. The molecular formula is C14H28N2. The van der Waals surface area contributed by atoms with Gasteiger partial charge >= 0.3 is 0 Å². The van der Waals surface area contributed by atoms with Crippen molar-refractivity contribution in [1.82, 2.24) is 5.32 Å². The molecule has 2 saturated carbocycles. The minimum absolute atomic E-state index is 0.0328. The summed E-state index contributed by atoms with van der Waals surface area (Å²) >= 11 is 0. The van der Waals surface area contributed by atoms with Crippen molar-refractivity contribution in [3.05, 3.63) is 0 Å². The second-order valence-corrected chi connectivity index (χ2v) is 6.75. The molecular weight excluding hydrogens is 196 g/mol. The third-order valence-corrected chi connectivity index (χ3v) is 4.63. The van der Waals surface area contributed by atoms with Crippen LogP contribution in [0.3, 0.4) is 0 Å². The zero-order valence-corrected chi connectivity index (χ0v) is 11.0. The fourth-order valence-electron chi connectivity index (χ4n) is 3.10. The van der Waals surface area contributed by atoms with E-state index in [-0.39, 0.29) is 5.54 Å². The molecule has 0 bridgehead atoms. The lowest BCUT2D eigenvalue weighted by Crippen LogP contribution is -2.50. The highest BCUT2D eigenvalue weighted by Crippen LogP contribution is 2.38. The van der Waals surface area contributed by atoms with E-state index in [0.717, 1.165) is 19.0 Å². The minimum atomic E-state index is 0.0328. The lowest BCUT2D eigenvalue weighted by Gasteiger charge is -2.35. The summed E-state index contributed by atoms with van der Waals surface area (Å²) in [6, 6.07) is 0. The standard InChI is InChI=1S/C14H28N2/c1-13(8-4-3-5-9-13)10-16-11-14(2,15)12-6-7-12/h12,16H,3-11,15H2,1-2H3. The molecule has 2 nitrogen and oxygen atoms in total. The van der Waals surface area contributed by atoms with Crippen LogP contribution in [0.5, 0.6) is 0 Å². The molecule has 2 fully saturated rings. The lowest BCUT2D eigenvalue weighted by atomic mass is 9.75. The molecule has 2 heteroatoms. The summed E-state index contributed by atoms with van der Waals surface area (Å²) in [4.78, 5) is 0. The van der Waals surface area contributed by atoms with Crippen molar-refractivity contribution in [2.24, 2.45) is 17.1 Å². The van der Waals surface area contributed by atoms with Crippen molar-refractivity contribution in [1.29, 1.82) is 0 Å². The molecule has 0 heterocycles. The Kier molecular flexibility index (Phi) is 3.60. The van der Waals surface area contributed by atoms with Crippen molar-refractivity contribution in [3.8, 4) is 0 Å². The second-order valence-electron chi connectivity index (χ2n) is 6.75. The fraction of sp³-hybridized carbons (Fsp3) is 1.00. The van der Waals surface area contributed by atoms with Crippen LogP contribution in [-0.4, -0.2) is 18.6 Å². The molecule has 94 valence electrons. The van der Waals surface area contributed by atoms with E-state index in [1.54, 1.807) is 0 Å². The lowest BCUT2D eigenvalue weighted by molar-refractivity contribution is 0.201. The number of nitrogens with two attached hydrogens (primary N) is 1. The first kappa shape index (κ1) is 12.4. The summed E-state index contributed by atoms with van der Waals surface area (Å²) in [5, 5.41) is 3.63. The fourth-order valence-corrected chi connectivity index (χ4v) is 3.10. The molecule has 2 aliphatic rings. The summed E-state index contributed by atoms with van der Waals surface area (Å²) in [7, 11) is 0. The van der Waals surface area contributed by atoms with Gasteiger partial charge in [-0.3, -0.25) is 0 Å². The molecule has 3 N–H and O–H groups in total. The average molecular weight is 224 g/mol. The molecule has 16 heavy (non-hydrogen) atoms. The largest absolute Gasteiger partial charge is 0.324 e. The van der Waals surface area contributed by atoms with Crippen LogP contribution in [0.15, 0.2) is 0 Å². The van der Waals surface area contributed by atoms with Gasteiger partial charge in [0, 0.05) is 18.6 Å². The maximum Gasteiger partial charge on any atom is 0.0280 e. The minimum Gasteiger partial charge on any atom is -0.324 e. The van der Waals surface area contributed by atoms with Gasteiger partial charge in [0.1, 0.15) is 0 Å².